The largest absolute Gasteiger partial charge is 0.397 e. The highest BCUT2D eigenvalue weighted by Crippen LogP contribution is 2.34. The van der Waals surface area contributed by atoms with E-state index in [9.17, 15) is 0 Å². The Morgan fingerprint density at radius 3 is 1.62 bits per heavy atom. The van der Waals surface area contributed by atoms with Gasteiger partial charge in [0.05, 0.1) is 17.6 Å². The molecule has 0 saturated carbocycles. The van der Waals surface area contributed by atoms with Gasteiger partial charge >= 0.3 is 0 Å². The molecule has 0 spiro atoms. The van der Waals surface area contributed by atoms with Crippen LogP contribution in [0.5, 0.6) is 0 Å². The average Bonchev–Trinajstić information content (AvgIpc) is 2.71. The number of nitrogens with two attached hydrogens (primary N) is 1. The lowest BCUT2D eigenvalue weighted by atomic mass is 10.1. The van der Waals surface area contributed by atoms with Crippen molar-refractivity contribution in [2.75, 3.05) is 10.6 Å². The Morgan fingerprint density at radius 2 is 1.12 bits per heavy atom. The first-order valence-electron chi connectivity index (χ1n) is 8.53. The van der Waals surface area contributed by atoms with Crippen LogP contribution in [0.25, 0.3) is 11.3 Å². The number of aromatic nitrogens is 1. The number of nitrogens with zero attached hydrogens (tertiary/aromatic N) is 2. The molecule has 0 aliphatic rings. The van der Waals surface area contributed by atoms with Crippen molar-refractivity contribution in [3.63, 3.8) is 0 Å². The molecule has 0 unspecified atom stereocenters. The molecule has 0 amide bonds. The van der Waals surface area contributed by atoms with Crippen LogP contribution < -0.4 is 10.6 Å². The van der Waals surface area contributed by atoms with Gasteiger partial charge in [0.2, 0.25) is 0 Å². The number of rotatable bonds is 4. The molecular formula is C23H19N3. The summed E-state index contributed by atoms with van der Waals surface area (Å²) in [6.07, 6.45) is 1.68. The standard InChI is InChI=1S/C23H19N3/c24-19-13-16-23(25-17-19)18-11-14-22(15-12-18)26(20-7-3-1-4-8-20)21-9-5-2-6-10-21/h1-17H,24H2. The third-order valence-electron chi connectivity index (χ3n) is 4.24. The van der Waals surface area contributed by atoms with Crippen LogP contribution in [0.2, 0.25) is 0 Å². The predicted molar refractivity (Wildman–Crippen MR) is 109 cm³/mol. The second kappa shape index (κ2) is 7.11. The van der Waals surface area contributed by atoms with E-state index in [1.807, 2.05) is 24.3 Å². The zero-order valence-electron chi connectivity index (χ0n) is 14.3. The van der Waals surface area contributed by atoms with Gasteiger partial charge in [-0.05, 0) is 48.5 Å². The van der Waals surface area contributed by atoms with Crippen LogP contribution in [0.3, 0.4) is 0 Å². The minimum atomic E-state index is 0.671. The molecule has 1 aromatic heterocycles. The maximum atomic E-state index is 5.73. The number of para-hydroxylation sites is 2. The third kappa shape index (κ3) is 3.28. The summed E-state index contributed by atoms with van der Waals surface area (Å²) in [4.78, 5) is 6.64. The summed E-state index contributed by atoms with van der Waals surface area (Å²) in [7, 11) is 0. The molecule has 3 aromatic carbocycles. The molecule has 0 fully saturated rings. The highest BCUT2D eigenvalue weighted by atomic mass is 15.1. The van der Waals surface area contributed by atoms with Crippen LogP contribution in [-0.4, -0.2) is 4.98 Å². The van der Waals surface area contributed by atoms with Gasteiger partial charge in [0.15, 0.2) is 0 Å². The number of nitrogen functional groups attached to an aromatic ring is 1. The molecule has 1 heterocycles. The highest BCUT2D eigenvalue weighted by Gasteiger charge is 2.11. The quantitative estimate of drug-likeness (QED) is 0.511. The first kappa shape index (κ1) is 15.9. The third-order valence-corrected chi connectivity index (χ3v) is 4.24. The monoisotopic (exact) mass is 337 g/mol. The molecule has 0 aliphatic heterocycles. The van der Waals surface area contributed by atoms with Gasteiger partial charge < -0.3 is 10.6 Å². The van der Waals surface area contributed by atoms with E-state index in [1.54, 1.807) is 6.20 Å². The Labute approximate surface area is 153 Å². The van der Waals surface area contributed by atoms with Crippen molar-refractivity contribution in [1.82, 2.24) is 4.98 Å². The van der Waals surface area contributed by atoms with Crippen molar-refractivity contribution in [2.24, 2.45) is 0 Å². The summed E-state index contributed by atoms with van der Waals surface area (Å²) >= 11 is 0. The van der Waals surface area contributed by atoms with Crippen LogP contribution in [0, 0.1) is 0 Å². The summed E-state index contributed by atoms with van der Waals surface area (Å²) in [6, 6.07) is 33.0. The van der Waals surface area contributed by atoms with E-state index in [2.05, 4.69) is 82.7 Å². The molecule has 0 bridgehead atoms. The molecule has 0 radical (unpaired) electrons. The lowest BCUT2D eigenvalue weighted by Gasteiger charge is -2.25. The van der Waals surface area contributed by atoms with E-state index in [0.29, 0.717) is 5.69 Å². The van der Waals surface area contributed by atoms with E-state index < -0.39 is 0 Å². The van der Waals surface area contributed by atoms with E-state index >= 15 is 0 Å². The molecule has 3 heteroatoms. The maximum Gasteiger partial charge on any atom is 0.0703 e. The Hall–Kier alpha value is -3.59. The van der Waals surface area contributed by atoms with Gasteiger partial charge in [0, 0.05) is 22.6 Å². The fourth-order valence-electron chi connectivity index (χ4n) is 2.96. The summed E-state index contributed by atoms with van der Waals surface area (Å²) in [5, 5.41) is 0. The fourth-order valence-corrected chi connectivity index (χ4v) is 2.96. The zero-order chi connectivity index (χ0) is 17.8. The average molecular weight is 337 g/mol. The van der Waals surface area contributed by atoms with Crippen molar-refractivity contribution in [1.29, 1.82) is 0 Å². The molecule has 4 rings (SSSR count). The van der Waals surface area contributed by atoms with E-state index in [1.165, 1.54) is 0 Å². The molecule has 0 aliphatic carbocycles. The molecule has 126 valence electrons. The van der Waals surface area contributed by atoms with E-state index in [-0.39, 0.29) is 0 Å². The van der Waals surface area contributed by atoms with Crippen molar-refractivity contribution < 1.29 is 0 Å². The number of hydrogen-bond acceptors (Lipinski definition) is 3. The minimum absolute atomic E-state index is 0.671. The fraction of sp³-hybridized carbons (Fsp3) is 0. The molecular weight excluding hydrogens is 318 g/mol. The molecule has 4 aromatic rings. The lowest BCUT2D eigenvalue weighted by Crippen LogP contribution is -2.09. The van der Waals surface area contributed by atoms with Crippen molar-refractivity contribution in [2.45, 2.75) is 0 Å². The van der Waals surface area contributed by atoms with Crippen LogP contribution in [0.15, 0.2) is 103 Å². The van der Waals surface area contributed by atoms with Gasteiger partial charge in [-0.15, -0.1) is 0 Å². The first-order valence-corrected chi connectivity index (χ1v) is 8.53. The van der Waals surface area contributed by atoms with Gasteiger partial charge in [-0.25, -0.2) is 0 Å². The molecule has 2 N–H and O–H groups in total. The highest BCUT2D eigenvalue weighted by molar-refractivity contribution is 5.77. The zero-order valence-corrected chi connectivity index (χ0v) is 14.3. The van der Waals surface area contributed by atoms with Crippen molar-refractivity contribution in [3.8, 4) is 11.3 Å². The molecule has 3 nitrogen and oxygen atoms in total. The maximum absolute atomic E-state index is 5.73. The lowest BCUT2D eigenvalue weighted by molar-refractivity contribution is 1.28. The number of anilines is 4. The molecule has 0 saturated heterocycles. The topological polar surface area (TPSA) is 42.1 Å². The van der Waals surface area contributed by atoms with Gasteiger partial charge in [0.1, 0.15) is 0 Å². The van der Waals surface area contributed by atoms with Gasteiger partial charge in [0.25, 0.3) is 0 Å². The van der Waals surface area contributed by atoms with Crippen LogP contribution >= 0.6 is 0 Å². The molecule has 26 heavy (non-hydrogen) atoms. The summed E-state index contributed by atoms with van der Waals surface area (Å²) in [5.41, 5.74) is 11.7. The van der Waals surface area contributed by atoms with Gasteiger partial charge in [-0.1, -0.05) is 48.5 Å². The van der Waals surface area contributed by atoms with Crippen molar-refractivity contribution >= 4 is 22.7 Å². The Morgan fingerprint density at radius 1 is 0.577 bits per heavy atom. The summed E-state index contributed by atoms with van der Waals surface area (Å²) in [5.74, 6) is 0. The minimum Gasteiger partial charge on any atom is -0.397 e. The number of benzene rings is 3. The first-order chi connectivity index (χ1) is 12.8. The van der Waals surface area contributed by atoms with Crippen molar-refractivity contribution in [3.05, 3.63) is 103 Å². The smallest absolute Gasteiger partial charge is 0.0703 e. The Kier molecular flexibility index (Phi) is 4.35. The van der Waals surface area contributed by atoms with Crippen LogP contribution in [0.1, 0.15) is 0 Å². The van der Waals surface area contributed by atoms with Gasteiger partial charge in [-0.3, -0.25) is 4.98 Å². The molecule has 0 atom stereocenters. The summed E-state index contributed by atoms with van der Waals surface area (Å²) < 4.78 is 0. The second-order valence-corrected chi connectivity index (χ2v) is 6.03. The number of pyridine rings is 1. The van der Waals surface area contributed by atoms with Crippen LogP contribution in [-0.2, 0) is 0 Å². The van der Waals surface area contributed by atoms with Gasteiger partial charge in [-0.2, -0.15) is 0 Å². The van der Waals surface area contributed by atoms with Crippen LogP contribution in [0.4, 0.5) is 22.7 Å². The van der Waals surface area contributed by atoms with E-state index in [0.717, 1.165) is 28.3 Å². The van der Waals surface area contributed by atoms with E-state index in [4.69, 9.17) is 5.73 Å². The Balaban J connectivity index is 1.73. The SMILES string of the molecule is Nc1ccc(-c2ccc(N(c3ccccc3)c3ccccc3)cc2)nc1. The summed E-state index contributed by atoms with van der Waals surface area (Å²) in [6.45, 7) is 0. The Bertz CT molecular complexity index is 924. The second-order valence-electron chi connectivity index (χ2n) is 6.03. The predicted octanol–water partition coefficient (Wildman–Crippen LogP) is 5.80. The number of hydrogen-bond donors (Lipinski definition) is 1. The normalized spacial score (nSPS) is 10.5.